The molecule has 16 heavy (non-hydrogen) atoms. The first kappa shape index (κ1) is 10.5. The van der Waals surface area contributed by atoms with Crippen LogP contribution in [-0.2, 0) is 7.05 Å². The van der Waals surface area contributed by atoms with Crippen LogP contribution >= 0.6 is 0 Å². The zero-order valence-electron chi connectivity index (χ0n) is 9.55. The average Bonchev–Trinajstić information content (AvgIpc) is 2.73. The van der Waals surface area contributed by atoms with E-state index in [0.29, 0.717) is 0 Å². The van der Waals surface area contributed by atoms with Crippen LogP contribution in [0.15, 0.2) is 23.4 Å². The zero-order chi connectivity index (χ0) is 11.7. The number of nitrogens with zero attached hydrogens (tertiary/aromatic N) is 4. The molecule has 0 fully saturated rings. The second kappa shape index (κ2) is 3.84. The largest absolute Gasteiger partial charge is 0.411 e. The van der Waals surface area contributed by atoms with Gasteiger partial charge in [-0.05, 0) is 26.0 Å². The molecule has 0 aliphatic rings. The summed E-state index contributed by atoms with van der Waals surface area (Å²) in [6.07, 6.45) is 1.37. The van der Waals surface area contributed by atoms with Crippen LogP contribution in [-0.4, -0.2) is 25.8 Å². The molecule has 0 unspecified atom stereocenters. The normalized spacial score (nSPS) is 11.4. The van der Waals surface area contributed by atoms with Crippen molar-refractivity contribution in [1.82, 2.24) is 14.3 Å². The number of rotatable bonds is 2. The van der Waals surface area contributed by atoms with Gasteiger partial charge >= 0.3 is 0 Å². The van der Waals surface area contributed by atoms with Crippen LogP contribution in [0, 0.1) is 13.8 Å². The lowest BCUT2D eigenvalue weighted by molar-refractivity contribution is 0.321. The van der Waals surface area contributed by atoms with Gasteiger partial charge < -0.3 is 9.77 Å². The average molecular weight is 218 g/mol. The van der Waals surface area contributed by atoms with Crippen molar-refractivity contribution in [1.29, 1.82) is 0 Å². The molecule has 0 saturated heterocycles. The molecular weight excluding hydrogens is 204 g/mol. The highest BCUT2D eigenvalue weighted by Gasteiger charge is 2.09. The summed E-state index contributed by atoms with van der Waals surface area (Å²) in [7, 11) is 1.81. The molecule has 0 amide bonds. The Hall–Kier alpha value is -2.04. The number of hydrogen-bond donors (Lipinski definition) is 1. The minimum absolute atomic E-state index is 0.755. The smallest absolute Gasteiger partial charge is 0.159 e. The maximum Gasteiger partial charge on any atom is 0.159 e. The maximum absolute atomic E-state index is 8.51. The number of oxime groups is 1. The van der Waals surface area contributed by atoms with E-state index in [1.807, 2.05) is 39.1 Å². The second-order valence-corrected chi connectivity index (χ2v) is 3.75. The summed E-state index contributed by atoms with van der Waals surface area (Å²) in [5.41, 5.74) is 3.01. The van der Waals surface area contributed by atoms with Gasteiger partial charge in [0, 0.05) is 24.5 Å². The molecule has 0 aliphatic heterocycles. The van der Waals surface area contributed by atoms with Gasteiger partial charge in [0.15, 0.2) is 5.82 Å². The molecule has 0 spiro atoms. The number of aryl methyl sites for hydroxylation is 3. The SMILES string of the molecule is Cc1ccc(C)n1-c1cc(/C=N/O)n(C)n1. The van der Waals surface area contributed by atoms with E-state index in [1.165, 1.54) is 6.21 Å². The summed E-state index contributed by atoms with van der Waals surface area (Å²) >= 11 is 0. The summed E-state index contributed by atoms with van der Waals surface area (Å²) in [6, 6.07) is 5.97. The Bertz CT molecular complexity index is 517. The molecular formula is C11H14N4O. The molecule has 0 aliphatic carbocycles. The topological polar surface area (TPSA) is 55.3 Å². The van der Waals surface area contributed by atoms with Crippen molar-refractivity contribution in [3.63, 3.8) is 0 Å². The van der Waals surface area contributed by atoms with E-state index in [4.69, 9.17) is 5.21 Å². The molecule has 2 rings (SSSR count). The van der Waals surface area contributed by atoms with Gasteiger partial charge in [-0.2, -0.15) is 5.10 Å². The van der Waals surface area contributed by atoms with Crippen LogP contribution in [0.4, 0.5) is 0 Å². The molecule has 0 aromatic carbocycles. The molecule has 2 aromatic heterocycles. The standard InChI is InChI=1S/C11H14N4O/c1-8-4-5-9(2)15(8)11-6-10(7-12-16)14(3)13-11/h4-7,16H,1-3H3/b12-7+. The maximum atomic E-state index is 8.51. The first-order valence-corrected chi connectivity index (χ1v) is 5.00. The lowest BCUT2D eigenvalue weighted by atomic mass is 10.4. The van der Waals surface area contributed by atoms with Gasteiger partial charge in [-0.15, -0.1) is 0 Å². The molecule has 84 valence electrons. The zero-order valence-corrected chi connectivity index (χ0v) is 9.55. The van der Waals surface area contributed by atoms with E-state index in [-0.39, 0.29) is 0 Å². The highest BCUT2D eigenvalue weighted by molar-refractivity contribution is 5.77. The van der Waals surface area contributed by atoms with E-state index in [2.05, 4.69) is 14.8 Å². The van der Waals surface area contributed by atoms with Crippen LogP contribution < -0.4 is 0 Å². The van der Waals surface area contributed by atoms with Crippen molar-refractivity contribution >= 4 is 6.21 Å². The minimum Gasteiger partial charge on any atom is -0.411 e. The van der Waals surface area contributed by atoms with Crippen LogP contribution in [0.3, 0.4) is 0 Å². The fraction of sp³-hybridized carbons (Fsp3) is 0.273. The minimum atomic E-state index is 0.755. The van der Waals surface area contributed by atoms with E-state index in [1.54, 1.807) is 4.68 Å². The summed E-state index contributed by atoms with van der Waals surface area (Å²) in [4.78, 5) is 0. The number of aromatic nitrogens is 3. The Balaban J connectivity index is 2.53. The first-order chi connectivity index (χ1) is 7.63. The van der Waals surface area contributed by atoms with Crippen molar-refractivity contribution in [2.45, 2.75) is 13.8 Å². The fourth-order valence-electron chi connectivity index (χ4n) is 1.79. The van der Waals surface area contributed by atoms with Crippen LogP contribution in [0.5, 0.6) is 0 Å². The summed E-state index contributed by atoms with van der Waals surface area (Å²) in [5, 5.41) is 15.9. The lowest BCUT2D eigenvalue weighted by Gasteiger charge is -2.03. The van der Waals surface area contributed by atoms with Crippen molar-refractivity contribution in [2.24, 2.45) is 12.2 Å². The van der Waals surface area contributed by atoms with Gasteiger partial charge in [0.2, 0.25) is 0 Å². The Morgan fingerprint density at radius 1 is 1.31 bits per heavy atom. The van der Waals surface area contributed by atoms with Crippen molar-refractivity contribution in [2.75, 3.05) is 0 Å². The van der Waals surface area contributed by atoms with Crippen LogP contribution in [0.25, 0.3) is 5.82 Å². The Kier molecular flexibility index (Phi) is 2.52. The van der Waals surface area contributed by atoms with E-state index in [9.17, 15) is 0 Å². The predicted octanol–water partition coefficient (Wildman–Crippen LogP) is 1.64. The molecule has 0 saturated carbocycles. The monoisotopic (exact) mass is 218 g/mol. The molecule has 2 heterocycles. The fourth-order valence-corrected chi connectivity index (χ4v) is 1.79. The van der Waals surface area contributed by atoms with E-state index in [0.717, 1.165) is 22.9 Å². The van der Waals surface area contributed by atoms with Gasteiger partial charge in [-0.25, -0.2) is 0 Å². The quantitative estimate of drug-likeness (QED) is 0.473. The summed E-state index contributed by atoms with van der Waals surface area (Å²) < 4.78 is 3.72. The third-order valence-electron chi connectivity index (χ3n) is 2.59. The molecule has 0 bridgehead atoms. The van der Waals surface area contributed by atoms with Gasteiger partial charge in [-0.3, -0.25) is 4.68 Å². The van der Waals surface area contributed by atoms with Crippen molar-refractivity contribution in [3.8, 4) is 5.82 Å². The van der Waals surface area contributed by atoms with Crippen LogP contribution in [0.1, 0.15) is 17.1 Å². The van der Waals surface area contributed by atoms with Gasteiger partial charge in [-0.1, -0.05) is 5.16 Å². The molecule has 5 heteroatoms. The predicted molar refractivity (Wildman–Crippen MR) is 61.4 cm³/mol. The number of hydrogen-bond acceptors (Lipinski definition) is 3. The highest BCUT2D eigenvalue weighted by atomic mass is 16.4. The third-order valence-corrected chi connectivity index (χ3v) is 2.59. The van der Waals surface area contributed by atoms with Crippen molar-refractivity contribution in [3.05, 3.63) is 35.3 Å². The molecule has 1 N–H and O–H groups in total. The Labute approximate surface area is 93.6 Å². The highest BCUT2D eigenvalue weighted by Crippen LogP contribution is 2.15. The first-order valence-electron chi connectivity index (χ1n) is 5.00. The molecule has 5 nitrogen and oxygen atoms in total. The van der Waals surface area contributed by atoms with Crippen molar-refractivity contribution < 1.29 is 5.21 Å². The summed E-state index contributed by atoms with van der Waals surface area (Å²) in [6.45, 7) is 4.06. The van der Waals surface area contributed by atoms with E-state index >= 15 is 0 Å². The molecule has 0 atom stereocenters. The van der Waals surface area contributed by atoms with E-state index < -0.39 is 0 Å². The summed E-state index contributed by atoms with van der Waals surface area (Å²) in [5.74, 6) is 0.831. The Morgan fingerprint density at radius 2 is 1.94 bits per heavy atom. The molecule has 0 radical (unpaired) electrons. The van der Waals surface area contributed by atoms with Gasteiger partial charge in [0.25, 0.3) is 0 Å². The Morgan fingerprint density at radius 3 is 2.50 bits per heavy atom. The lowest BCUT2D eigenvalue weighted by Crippen LogP contribution is -2.01. The van der Waals surface area contributed by atoms with Gasteiger partial charge in [0.1, 0.15) is 0 Å². The second-order valence-electron chi connectivity index (χ2n) is 3.75. The molecule has 2 aromatic rings. The third kappa shape index (κ3) is 1.60. The van der Waals surface area contributed by atoms with Gasteiger partial charge in [0.05, 0.1) is 11.9 Å². The van der Waals surface area contributed by atoms with Crippen LogP contribution in [0.2, 0.25) is 0 Å².